The maximum Gasteiger partial charge on any atom is 0.408 e. The van der Waals surface area contributed by atoms with E-state index in [2.05, 4.69) is 5.32 Å². The molecule has 0 aromatic heterocycles. The summed E-state index contributed by atoms with van der Waals surface area (Å²) in [5.41, 5.74) is 0. The van der Waals surface area contributed by atoms with E-state index < -0.39 is 18.2 Å². The lowest BCUT2D eigenvalue weighted by atomic mass is 9.93. The first-order valence-corrected chi connectivity index (χ1v) is 5.56. The van der Waals surface area contributed by atoms with Gasteiger partial charge in [0, 0.05) is 12.5 Å². The summed E-state index contributed by atoms with van der Waals surface area (Å²) in [6.45, 7) is 0.0259. The Bertz CT molecular complexity index is 303. The molecule has 2 atom stereocenters. The minimum Gasteiger partial charge on any atom is -0.465 e. The number of hydrogen-bond acceptors (Lipinski definition) is 3. The van der Waals surface area contributed by atoms with Crippen molar-refractivity contribution in [2.24, 2.45) is 0 Å². The number of nitrogens with one attached hydrogen (secondary N) is 1. The van der Waals surface area contributed by atoms with E-state index in [-0.39, 0.29) is 24.9 Å². The second kappa shape index (κ2) is 4.29. The largest absolute Gasteiger partial charge is 0.465 e. The number of hydrogen-bond donors (Lipinski definition) is 3. The SMILES string of the molecule is O=C(NC1CCC1)[C@@H]1C[C@@H](O)CN1C(=O)O. The normalized spacial score (nSPS) is 29.9. The summed E-state index contributed by atoms with van der Waals surface area (Å²) in [5, 5.41) is 21.1. The number of carbonyl (C=O) groups excluding carboxylic acids is 1. The van der Waals surface area contributed by atoms with E-state index in [1.165, 1.54) is 0 Å². The Morgan fingerprint density at radius 3 is 2.50 bits per heavy atom. The van der Waals surface area contributed by atoms with Crippen molar-refractivity contribution in [1.29, 1.82) is 0 Å². The predicted molar refractivity (Wildman–Crippen MR) is 54.9 cm³/mol. The van der Waals surface area contributed by atoms with Crippen molar-refractivity contribution in [3.05, 3.63) is 0 Å². The number of nitrogens with zero attached hydrogens (tertiary/aromatic N) is 1. The monoisotopic (exact) mass is 228 g/mol. The van der Waals surface area contributed by atoms with Crippen molar-refractivity contribution in [3.8, 4) is 0 Å². The highest BCUT2D eigenvalue weighted by molar-refractivity contribution is 5.86. The van der Waals surface area contributed by atoms with E-state index in [9.17, 15) is 14.7 Å². The third-order valence-electron chi connectivity index (χ3n) is 3.28. The summed E-state index contributed by atoms with van der Waals surface area (Å²) in [6.07, 6.45) is 1.37. The first kappa shape index (κ1) is 11.2. The molecule has 0 radical (unpaired) electrons. The van der Waals surface area contributed by atoms with Gasteiger partial charge in [-0.05, 0) is 19.3 Å². The summed E-state index contributed by atoms with van der Waals surface area (Å²) >= 11 is 0. The van der Waals surface area contributed by atoms with Crippen molar-refractivity contribution < 1.29 is 19.8 Å². The van der Waals surface area contributed by atoms with E-state index in [1.54, 1.807) is 0 Å². The maximum absolute atomic E-state index is 11.8. The Kier molecular flexibility index (Phi) is 3.00. The van der Waals surface area contributed by atoms with E-state index in [0.29, 0.717) is 0 Å². The maximum atomic E-state index is 11.8. The molecule has 0 bridgehead atoms. The molecule has 3 N–H and O–H groups in total. The van der Waals surface area contributed by atoms with Crippen LogP contribution in [-0.2, 0) is 4.79 Å². The molecule has 6 heteroatoms. The van der Waals surface area contributed by atoms with Crippen LogP contribution in [0.1, 0.15) is 25.7 Å². The van der Waals surface area contributed by atoms with Gasteiger partial charge in [0.15, 0.2) is 0 Å². The fraction of sp³-hybridized carbons (Fsp3) is 0.800. The second-order valence-electron chi connectivity index (χ2n) is 4.48. The highest BCUT2D eigenvalue weighted by atomic mass is 16.4. The van der Waals surface area contributed by atoms with E-state index in [0.717, 1.165) is 24.2 Å². The van der Waals surface area contributed by atoms with Crippen LogP contribution in [0, 0.1) is 0 Å². The van der Waals surface area contributed by atoms with Crippen molar-refractivity contribution in [2.75, 3.05) is 6.54 Å². The van der Waals surface area contributed by atoms with Crippen molar-refractivity contribution in [1.82, 2.24) is 10.2 Å². The third kappa shape index (κ3) is 2.11. The summed E-state index contributed by atoms with van der Waals surface area (Å²) in [5.74, 6) is -0.274. The first-order chi connectivity index (χ1) is 7.58. The molecule has 2 amide bonds. The Labute approximate surface area is 93.2 Å². The zero-order valence-electron chi connectivity index (χ0n) is 8.93. The minimum atomic E-state index is -1.15. The minimum absolute atomic E-state index is 0.0259. The number of aliphatic hydroxyl groups excluding tert-OH is 1. The standard InChI is InChI=1S/C10H16N2O4/c13-7-4-8(12(5-7)10(15)16)9(14)11-6-2-1-3-6/h6-8,13H,1-5H2,(H,11,14)(H,15,16)/t7-,8+/m1/s1. The van der Waals surface area contributed by atoms with Crippen LogP contribution in [-0.4, -0.2) is 51.8 Å². The van der Waals surface area contributed by atoms with Crippen molar-refractivity contribution in [2.45, 2.75) is 43.9 Å². The van der Waals surface area contributed by atoms with Gasteiger partial charge in [0.25, 0.3) is 0 Å². The molecule has 1 heterocycles. The van der Waals surface area contributed by atoms with Gasteiger partial charge in [-0.1, -0.05) is 0 Å². The molecule has 1 saturated carbocycles. The number of likely N-dealkylation sites (tertiary alicyclic amines) is 1. The van der Waals surface area contributed by atoms with Gasteiger partial charge in [0.1, 0.15) is 6.04 Å². The van der Waals surface area contributed by atoms with Crippen molar-refractivity contribution >= 4 is 12.0 Å². The fourth-order valence-corrected chi connectivity index (χ4v) is 2.12. The topological polar surface area (TPSA) is 89.9 Å². The molecule has 0 spiro atoms. The van der Waals surface area contributed by atoms with Crippen LogP contribution in [0.15, 0.2) is 0 Å². The molecule has 0 unspecified atom stereocenters. The molecule has 6 nitrogen and oxygen atoms in total. The van der Waals surface area contributed by atoms with Crippen molar-refractivity contribution in [3.63, 3.8) is 0 Å². The number of rotatable bonds is 2. The van der Waals surface area contributed by atoms with E-state index >= 15 is 0 Å². The highest BCUT2D eigenvalue weighted by Gasteiger charge is 2.39. The average molecular weight is 228 g/mol. The van der Waals surface area contributed by atoms with Crippen LogP contribution in [0.5, 0.6) is 0 Å². The first-order valence-electron chi connectivity index (χ1n) is 5.56. The van der Waals surface area contributed by atoms with Gasteiger partial charge in [-0.3, -0.25) is 9.69 Å². The number of aliphatic hydroxyl groups is 1. The summed E-state index contributed by atoms with van der Waals surface area (Å²) in [6, 6.07) is -0.533. The Balaban J connectivity index is 1.95. The zero-order valence-corrected chi connectivity index (χ0v) is 8.93. The molecule has 2 rings (SSSR count). The number of amides is 2. The van der Waals surface area contributed by atoms with Crippen LogP contribution in [0.2, 0.25) is 0 Å². The number of carboxylic acid groups (broad SMARTS) is 1. The second-order valence-corrected chi connectivity index (χ2v) is 4.48. The zero-order chi connectivity index (χ0) is 11.7. The molecular formula is C10H16N2O4. The Morgan fingerprint density at radius 1 is 1.31 bits per heavy atom. The van der Waals surface area contributed by atoms with Crippen LogP contribution < -0.4 is 5.32 Å². The lowest BCUT2D eigenvalue weighted by Crippen LogP contribution is -2.50. The van der Waals surface area contributed by atoms with Crippen LogP contribution in [0.25, 0.3) is 0 Å². The number of carbonyl (C=O) groups is 2. The van der Waals surface area contributed by atoms with Gasteiger partial charge in [0.2, 0.25) is 5.91 Å². The lowest BCUT2D eigenvalue weighted by molar-refractivity contribution is -0.126. The van der Waals surface area contributed by atoms with Gasteiger partial charge < -0.3 is 15.5 Å². The van der Waals surface area contributed by atoms with E-state index in [1.807, 2.05) is 0 Å². The number of β-amino-alcohol motifs (C(OH)–C–C–N with tert-alkyl or cyclic N) is 1. The molecule has 16 heavy (non-hydrogen) atoms. The van der Waals surface area contributed by atoms with Gasteiger partial charge >= 0.3 is 6.09 Å². The molecule has 2 aliphatic rings. The van der Waals surface area contributed by atoms with Crippen LogP contribution in [0.4, 0.5) is 4.79 Å². The average Bonchev–Trinajstić information content (AvgIpc) is 2.53. The van der Waals surface area contributed by atoms with Gasteiger partial charge in [-0.2, -0.15) is 0 Å². The molecule has 90 valence electrons. The Morgan fingerprint density at radius 2 is 2.00 bits per heavy atom. The summed E-state index contributed by atoms with van der Waals surface area (Å²) in [4.78, 5) is 23.7. The molecule has 2 fully saturated rings. The third-order valence-corrected chi connectivity index (χ3v) is 3.28. The molecule has 1 aliphatic heterocycles. The Hall–Kier alpha value is -1.30. The molecule has 1 saturated heterocycles. The smallest absolute Gasteiger partial charge is 0.408 e. The summed E-state index contributed by atoms with van der Waals surface area (Å²) < 4.78 is 0. The highest BCUT2D eigenvalue weighted by Crippen LogP contribution is 2.21. The van der Waals surface area contributed by atoms with Crippen LogP contribution in [0.3, 0.4) is 0 Å². The van der Waals surface area contributed by atoms with Gasteiger partial charge in [0.05, 0.1) is 12.6 Å². The van der Waals surface area contributed by atoms with Gasteiger partial charge in [-0.15, -0.1) is 0 Å². The van der Waals surface area contributed by atoms with Crippen LogP contribution >= 0.6 is 0 Å². The fourth-order valence-electron chi connectivity index (χ4n) is 2.12. The molecular weight excluding hydrogens is 212 g/mol. The molecule has 0 aromatic rings. The quantitative estimate of drug-likeness (QED) is 0.609. The van der Waals surface area contributed by atoms with Gasteiger partial charge in [-0.25, -0.2) is 4.79 Å². The lowest BCUT2D eigenvalue weighted by Gasteiger charge is -2.29. The molecule has 0 aromatic carbocycles. The molecule has 1 aliphatic carbocycles. The van der Waals surface area contributed by atoms with E-state index in [4.69, 9.17) is 5.11 Å². The predicted octanol–water partition coefficient (Wildman–Crippen LogP) is -0.232. The summed E-state index contributed by atoms with van der Waals surface area (Å²) in [7, 11) is 0.